The van der Waals surface area contributed by atoms with Crippen LogP contribution in [0.1, 0.15) is 39.2 Å². The van der Waals surface area contributed by atoms with E-state index in [1.807, 2.05) is 54.6 Å². The Morgan fingerprint density at radius 3 is 2.70 bits per heavy atom. The highest BCUT2D eigenvalue weighted by atomic mass is 35.5. The minimum Gasteiger partial charge on any atom is -0.444 e. The van der Waals surface area contributed by atoms with Crippen molar-refractivity contribution in [2.75, 3.05) is 32.8 Å². The maximum Gasteiger partial charge on any atom is 0.410 e. The van der Waals surface area contributed by atoms with E-state index in [1.165, 1.54) is 0 Å². The molecule has 2 N–H and O–H groups in total. The summed E-state index contributed by atoms with van der Waals surface area (Å²) in [5.74, 6) is -0.562. The first-order valence-corrected chi connectivity index (χ1v) is 13.0. The number of aliphatic hydroxyl groups is 1. The normalized spacial score (nSPS) is 18.1. The lowest BCUT2D eigenvalue weighted by Gasteiger charge is -2.36. The molecule has 2 aliphatic rings. The summed E-state index contributed by atoms with van der Waals surface area (Å²) >= 11 is 6.42. The van der Waals surface area contributed by atoms with Crippen LogP contribution < -0.4 is 5.32 Å². The van der Waals surface area contributed by atoms with Crippen LogP contribution in [0.5, 0.6) is 0 Å². The molecule has 11 heteroatoms. The van der Waals surface area contributed by atoms with Crippen LogP contribution in [0.3, 0.4) is 0 Å². The van der Waals surface area contributed by atoms with Crippen LogP contribution in [-0.2, 0) is 32.2 Å². The Morgan fingerprint density at radius 2 is 2.03 bits per heavy atom. The highest BCUT2D eigenvalue weighted by molar-refractivity contribution is 6.35. The van der Waals surface area contributed by atoms with E-state index in [2.05, 4.69) is 5.32 Å². The smallest absolute Gasteiger partial charge is 0.410 e. The van der Waals surface area contributed by atoms with Gasteiger partial charge in [-0.1, -0.05) is 23.7 Å². The van der Waals surface area contributed by atoms with Gasteiger partial charge in [-0.05, 0) is 45.2 Å². The number of nitrogens with zero attached hydrogens (tertiary/aromatic N) is 3. The van der Waals surface area contributed by atoms with Gasteiger partial charge in [-0.15, -0.1) is 0 Å². The molecule has 1 saturated heterocycles. The van der Waals surface area contributed by atoms with Crippen molar-refractivity contribution < 1.29 is 29.0 Å². The molecule has 4 rings (SSSR count). The van der Waals surface area contributed by atoms with E-state index >= 15 is 0 Å². The van der Waals surface area contributed by atoms with E-state index < -0.39 is 30.3 Å². The zero-order valence-corrected chi connectivity index (χ0v) is 22.3. The number of hydrogen-bond donors (Lipinski definition) is 2. The van der Waals surface area contributed by atoms with Crippen molar-refractivity contribution in [2.24, 2.45) is 0 Å². The molecule has 1 aliphatic heterocycles. The van der Waals surface area contributed by atoms with E-state index in [4.69, 9.17) is 26.2 Å². The minimum absolute atomic E-state index is 0.129. The van der Waals surface area contributed by atoms with Crippen molar-refractivity contribution in [3.05, 3.63) is 35.0 Å². The van der Waals surface area contributed by atoms with Crippen molar-refractivity contribution >= 4 is 40.4 Å². The largest absolute Gasteiger partial charge is 0.444 e. The Morgan fingerprint density at radius 1 is 1.27 bits per heavy atom. The van der Waals surface area contributed by atoms with Crippen LogP contribution in [0, 0.1) is 0 Å². The van der Waals surface area contributed by atoms with Crippen LogP contribution in [0.25, 0.3) is 10.9 Å². The number of aliphatic hydroxyl groups excluding tert-OH is 1. The third-order valence-electron chi connectivity index (χ3n) is 6.33. The van der Waals surface area contributed by atoms with Gasteiger partial charge in [0.25, 0.3) is 5.91 Å². The topological polar surface area (TPSA) is 113 Å². The summed E-state index contributed by atoms with van der Waals surface area (Å²) in [6.07, 6.45) is 2.50. The molecule has 10 nitrogen and oxygen atoms in total. The number of morpholine rings is 1. The van der Waals surface area contributed by atoms with Gasteiger partial charge in [0, 0.05) is 49.3 Å². The van der Waals surface area contributed by atoms with E-state index in [1.54, 1.807) is 4.90 Å². The second-order valence-corrected chi connectivity index (χ2v) is 10.9. The monoisotopic (exact) mass is 534 g/mol. The summed E-state index contributed by atoms with van der Waals surface area (Å²) in [5.41, 5.74) is 1.23. The molecule has 1 atom stereocenters. The third kappa shape index (κ3) is 6.94. The molecule has 2 fully saturated rings. The Balaban J connectivity index is 1.46. The molecule has 1 aromatic carbocycles. The highest BCUT2D eigenvalue weighted by Crippen LogP contribution is 2.32. The number of ether oxygens (including phenoxy) is 2. The molecule has 1 aromatic heterocycles. The number of fused-ring (bicyclic) bond motifs is 1. The Hall–Kier alpha value is -2.82. The zero-order valence-electron chi connectivity index (χ0n) is 21.5. The number of halogens is 1. The van der Waals surface area contributed by atoms with Crippen LogP contribution in [0.15, 0.2) is 24.4 Å². The van der Waals surface area contributed by atoms with Crippen molar-refractivity contribution in [3.63, 3.8) is 0 Å². The standard InChI is InChI=1S/C26H35ClN4O6/c1-26(2,3)37-25(35)30-10-11-36-22(15-30)24(34)31(18-5-6-18)13-17-4-7-19-20(27)14-29(21(19)12-17)9-8-28-23(33)16-32/h4,7,12,14,18,22,32H,5-6,8-11,13,15-16H2,1-3H3,(H,28,33). The highest BCUT2D eigenvalue weighted by Gasteiger charge is 2.39. The fourth-order valence-corrected chi connectivity index (χ4v) is 4.67. The number of amides is 3. The number of carbonyl (C=O) groups excluding carboxylic acids is 3. The summed E-state index contributed by atoms with van der Waals surface area (Å²) < 4.78 is 13.2. The second kappa shape index (κ2) is 11.3. The fraction of sp³-hybridized carbons (Fsp3) is 0.577. The molecule has 2 heterocycles. The second-order valence-electron chi connectivity index (χ2n) is 10.5. The number of rotatable bonds is 8. The molecule has 3 amide bonds. The number of aromatic nitrogens is 1. The quantitative estimate of drug-likeness (QED) is 0.538. The lowest BCUT2D eigenvalue weighted by atomic mass is 10.1. The SMILES string of the molecule is CC(C)(C)OC(=O)N1CCOC(C(=O)N(Cc2ccc3c(Cl)cn(CCNC(=O)CO)c3c2)C2CC2)C1. The van der Waals surface area contributed by atoms with Crippen LogP contribution in [0.4, 0.5) is 4.79 Å². The third-order valence-corrected chi connectivity index (χ3v) is 6.63. The van der Waals surface area contributed by atoms with Crippen molar-refractivity contribution in [2.45, 2.75) is 64.4 Å². The lowest BCUT2D eigenvalue weighted by molar-refractivity contribution is -0.150. The average Bonchev–Trinajstić information content (AvgIpc) is 3.65. The first-order chi connectivity index (χ1) is 17.6. The summed E-state index contributed by atoms with van der Waals surface area (Å²) in [6, 6.07) is 6.05. The Kier molecular flexibility index (Phi) is 8.30. The number of nitrogens with one attached hydrogen (secondary N) is 1. The van der Waals surface area contributed by atoms with E-state index in [0.717, 1.165) is 29.3 Å². The van der Waals surface area contributed by atoms with Gasteiger partial charge in [-0.2, -0.15) is 0 Å². The lowest BCUT2D eigenvalue weighted by Crippen LogP contribution is -2.53. The van der Waals surface area contributed by atoms with Gasteiger partial charge < -0.3 is 34.3 Å². The van der Waals surface area contributed by atoms with Crippen LogP contribution in [-0.4, -0.2) is 88.0 Å². The van der Waals surface area contributed by atoms with Gasteiger partial charge in [-0.25, -0.2) is 4.79 Å². The first-order valence-electron chi connectivity index (χ1n) is 12.6. The van der Waals surface area contributed by atoms with Crippen molar-refractivity contribution in [1.29, 1.82) is 0 Å². The van der Waals surface area contributed by atoms with Gasteiger partial charge in [0.2, 0.25) is 5.91 Å². The van der Waals surface area contributed by atoms with Crippen LogP contribution in [0.2, 0.25) is 5.02 Å². The maximum absolute atomic E-state index is 13.5. The molecular formula is C26H35ClN4O6. The van der Waals surface area contributed by atoms with Gasteiger partial charge in [-0.3, -0.25) is 9.59 Å². The summed E-state index contributed by atoms with van der Waals surface area (Å²) in [4.78, 5) is 40.8. The molecule has 202 valence electrons. The molecule has 0 bridgehead atoms. The summed E-state index contributed by atoms with van der Waals surface area (Å²) in [7, 11) is 0. The maximum atomic E-state index is 13.5. The number of benzene rings is 1. The zero-order chi connectivity index (χ0) is 26.7. The van der Waals surface area contributed by atoms with Gasteiger partial charge in [0.05, 0.1) is 18.2 Å². The van der Waals surface area contributed by atoms with Gasteiger partial charge >= 0.3 is 6.09 Å². The molecule has 1 saturated carbocycles. The molecule has 37 heavy (non-hydrogen) atoms. The van der Waals surface area contributed by atoms with E-state index in [-0.39, 0.29) is 25.1 Å². The first kappa shape index (κ1) is 27.2. The molecule has 0 spiro atoms. The minimum atomic E-state index is -0.737. The van der Waals surface area contributed by atoms with Gasteiger partial charge in [0.15, 0.2) is 6.10 Å². The fourth-order valence-electron chi connectivity index (χ4n) is 4.39. The predicted octanol–water partition coefficient (Wildman–Crippen LogP) is 2.53. The van der Waals surface area contributed by atoms with Gasteiger partial charge in [0.1, 0.15) is 12.2 Å². The van der Waals surface area contributed by atoms with Crippen molar-refractivity contribution in [3.8, 4) is 0 Å². The molecule has 0 radical (unpaired) electrons. The Labute approximate surface area is 221 Å². The number of hydrogen-bond acceptors (Lipinski definition) is 6. The predicted molar refractivity (Wildman–Crippen MR) is 138 cm³/mol. The van der Waals surface area contributed by atoms with Crippen molar-refractivity contribution in [1.82, 2.24) is 19.7 Å². The molecule has 1 aliphatic carbocycles. The number of carbonyl (C=O) groups is 3. The summed E-state index contributed by atoms with van der Waals surface area (Å²) in [5, 5.41) is 13.0. The van der Waals surface area contributed by atoms with E-state index in [9.17, 15) is 14.4 Å². The molecule has 1 unspecified atom stereocenters. The average molecular weight is 535 g/mol. The molecule has 2 aromatic rings. The van der Waals surface area contributed by atoms with Crippen LogP contribution >= 0.6 is 11.6 Å². The van der Waals surface area contributed by atoms with E-state index in [0.29, 0.717) is 31.2 Å². The summed E-state index contributed by atoms with van der Waals surface area (Å²) in [6.45, 7) is 6.96. The molecular weight excluding hydrogens is 500 g/mol. The Bertz CT molecular complexity index is 1160.